The molecule has 4 heteroatoms. The molecule has 0 saturated heterocycles. The number of phenolic OH excluding ortho intramolecular Hbond substituents is 1. The summed E-state index contributed by atoms with van der Waals surface area (Å²) in [7, 11) is 0. The van der Waals surface area contributed by atoms with E-state index in [1.807, 2.05) is 13.8 Å². The summed E-state index contributed by atoms with van der Waals surface area (Å²) in [6.45, 7) is 3.76. The van der Waals surface area contributed by atoms with Crippen molar-refractivity contribution in [2.75, 3.05) is 0 Å². The van der Waals surface area contributed by atoms with Gasteiger partial charge < -0.3 is 10.2 Å². The SMILES string of the molecule is CC(C)C(O)/N=C/c1cc(Br)ccc1O. The smallest absolute Gasteiger partial charge is 0.147 e. The predicted molar refractivity (Wildman–Crippen MR) is 64.2 cm³/mol. The highest BCUT2D eigenvalue weighted by molar-refractivity contribution is 9.10. The van der Waals surface area contributed by atoms with E-state index in [1.165, 1.54) is 6.21 Å². The molecule has 1 aromatic carbocycles. The average molecular weight is 272 g/mol. The largest absolute Gasteiger partial charge is 0.507 e. The zero-order chi connectivity index (χ0) is 11.4. The van der Waals surface area contributed by atoms with Crippen LogP contribution in [0.5, 0.6) is 5.75 Å². The summed E-state index contributed by atoms with van der Waals surface area (Å²) in [4.78, 5) is 3.95. The van der Waals surface area contributed by atoms with E-state index < -0.39 is 6.23 Å². The van der Waals surface area contributed by atoms with Crippen LogP contribution < -0.4 is 0 Å². The molecule has 0 bridgehead atoms. The maximum absolute atomic E-state index is 9.49. The third-order valence-electron chi connectivity index (χ3n) is 1.95. The topological polar surface area (TPSA) is 52.8 Å². The van der Waals surface area contributed by atoms with E-state index in [0.29, 0.717) is 5.56 Å². The van der Waals surface area contributed by atoms with Crippen LogP contribution in [0.3, 0.4) is 0 Å². The van der Waals surface area contributed by atoms with E-state index in [9.17, 15) is 10.2 Å². The van der Waals surface area contributed by atoms with Gasteiger partial charge in [-0.25, -0.2) is 0 Å². The Balaban J connectivity index is 2.84. The molecule has 1 unspecified atom stereocenters. The van der Waals surface area contributed by atoms with Crippen molar-refractivity contribution in [1.29, 1.82) is 0 Å². The first-order valence-corrected chi connectivity index (χ1v) is 5.49. The molecule has 0 saturated carbocycles. The molecule has 0 radical (unpaired) electrons. The first-order chi connectivity index (χ1) is 7.00. The molecular formula is C11H14BrNO2. The molecule has 0 aromatic heterocycles. The van der Waals surface area contributed by atoms with Crippen LogP contribution in [-0.4, -0.2) is 22.7 Å². The van der Waals surface area contributed by atoms with Gasteiger partial charge in [-0.05, 0) is 24.1 Å². The van der Waals surface area contributed by atoms with Gasteiger partial charge in [-0.15, -0.1) is 0 Å². The maximum atomic E-state index is 9.49. The van der Waals surface area contributed by atoms with Crippen molar-refractivity contribution in [3.8, 4) is 5.75 Å². The number of hydrogen-bond donors (Lipinski definition) is 2. The Bertz CT molecular complexity index is 364. The highest BCUT2D eigenvalue weighted by Crippen LogP contribution is 2.20. The van der Waals surface area contributed by atoms with E-state index in [4.69, 9.17) is 0 Å². The molecule has 0 spiro atoms. The molecule has 15 heavy (non-hydrogen) atoms. The third kappa shape index (κ3) is 3.64. The van der Waals surface area contributed by atoms with Crippen molar-refractivity contribution in [2.45, 2.75) is 20.1 Å². The Labute approximate surface area is 97.6 Å². The molecule has 0 aliphatic heterocycles. The lowest BCUT2D eigenvalue weighted by Gasteiger charge is -2.08. The lowest BCUT2D eigenvalue weighted by molar-refractivity contribution is 0.135. The summed E-state index contributed by atoms with van der Waals surface area (Å²) in [5.74, 6) is 0.216. The zero-order valence-corrected chi connectivity index (χ0v) is 10.3. The van der Waals surface area contributed by atoms with Crippen LogP contribution in [-0.2, 0) is 0 Å². The Kier molecular flexibility index (Phi) is 4.29. The molecule has 2 N–H and O–H groups in total. The van der Waals surface area contributed by atoms with Crippen LogP contribution in [0.1, 0.15) is 19.4 Å². The number of aromatic hydroxyl groups is 1. The summed E-state index contributed by atoms with van der Waals surface area (Å²) in [6, 6.07) is 5.06. The zero-order valence-electron chi connectivity index (χ0n) is 8.68. The number of aliphatic imine (C=N–C) groups is 1. The Morgan fingerprint density at radius 3 is 2.67 bits per heavy atom. The van der Waals surface area contributed by atoms with Crippen molar-refractivity contribution < 1.29 is 10.2 Å². The van der Waals surface area contributed by atoms with Gasteiger partial charge in [0.2, 0.25) is 0 Å². The highest BCUT2D eigenvalue weighted by atomic mass is 79.9. The van der Waals surface area contributed by atoms with Gasteiger partial charge in [-0.3, -0.25) is 4.99 Å². The van der Waals surface area contributed by atoms with Gasteiger partial charge in [-0.2, -0.15) is 0 Å². The van der Waals surface area contributed by atoms with E-state index in [1.54, 1.807) is 18.2 Å². The maximum Gasteiger partial charge on any atom is 0.147 e. The lowest BCUT2D eigenvalue weighted by Crippen LogP contribution is -2.11. The number of benzene rings is 1. The molecule has 0 heterocycles. The van der Waals surface area contributed by atoms with E-state index >= 15 is 0 Å². The van der Waals surface area contributed by atoms with Gasteiger partial charge >= 0.3 is 0 Å². The number of phenols is 1. The van der Waals surface area contributed by atoms with Crippen molar-refractivity contribution in [3.63, 3.8) is 0 Å². The molecule has 1 rings (SSSR count). The molecule has 0 aliphatic rings. The second-order valence-electron chi connectivity index (χ2n) is 3.64. The summed E-state index contributed by atoms with van der Waals surface area (Å²) in [5, 5.41) is 18.9. The Hall–Kier alpha value is -0.870. The minimum atomic E-state index is -0.733. The Morgan fingerprint density at radius 1 is 1.40 bits per heavy atom. The quantitative estimate of drug-likeness (QED) is 0.831. The van der Waals surface area contributed by atoms with Crippen LogP contribution in [0.15, 0.2) is 27.7 Å². The predicted octanol–water partition coefficient (Wildman–Crippen LogP) is 2.55. The van der Waals surface area contributed by atoms with Gasteiger partial charge in [0, 0.05) is 16.3 Å². The van der Waals surface area contributed by atoms with Gasteiger partial charge in [0.25, 0.3) is 0 Å². The van der Waals surface area contributed by atoms with E-state index in [0.717, 1.165) is 4.47 Å². The van der Waals surface area contributed by atoms with Crippen LogP contribution in [0, 0.1) is 5.92 Å². The molecule has 0 amide bonds. The third-order valence-corrected chi connectivity index (χ3v) is 2.45. The minimum Gasteiger partial charge on any atom is -0.507 e. The number of aliphatic hydroxyl groups excluding tert-OH is 1. The minimum absolute atomic E-state index is 0.0653. The van der Waals surface area contributed by atoms with Gasteiger partial charge in [0.05, 0.1) is 0 Å². The number of rotatable bonds is 3. The standard InChI is InChI=1S/C11H14BrNO2/c1-7(2)11(15)13-6-8-5-9(12)3-4-10(8)14/h3-7,11,14-15H,1-2H3/b13-6+. The lowest BCUT2D eigenvalue weighted by atomic mass is 10.2. The van der Waals surface area contributed by atoms with E-state index in [2.05, 4.69) is 20.9 Å². The summed E-state index contributed by atoms with van der Waals surface area (Å²) in [5.41, 5.74) is 0.587. The van der Waals surface area contributed by atoms with Gasteiger partial charge in [0.1, 0.15) is 12.0 Å². The van der Waals surface area contributed by atoms with Crippen molar-refractivity contribution in [1.82, 2.24) is 0 Å². The molecule has 82 valence electrons. The summed E-state index contributed by atoms with van der Waals surface area (Å²) < 4.78 is 0.862. The molecule has 0 fully saturated rings. The molecule has 3 nitrogen and oxygen atoms in total. The number of halogens is 1. The highest BCUT2D eigenvalue weighted by Gasteiger charge is 2.05. The fraction of sp³-hybridized carbons (Fsp3) is 0.364. The molecule has 1 aromatic rings. The van der Waals surface area contributed by atoms with Gasteiger partial charge in [0.15, 0.2) is 0 Å². The van der Waals surface area contributed by atoms with Crippen LogP contribution >= 0.6 is 15.9 Å². The van der Waals surface area contributed by atoms with Crippen LogP contribution in [0.2, 0.25) is 0 Å². The number of hydrogen-bond acceptors (Lipinski definition) is 3. The van der Waals surface area contributed by atoms with Crippen molar-refractivity contribution in [2.24, 2.45) is 10.9 Å². The molecule has 1 atom stereocenters. The number of aliphatic hydroxyl groups is 1. The first kappa shape index (κ1) is 12.2. The van der Waals surface area contributed by atoms with E-state index in [-0.39, 0.29) is 11.7 Å². The average Bonchev–Trinajstić information content (AvgIpc) is 2.18. The fourth-order valence-corrected chi connectivity index (χ4v) is 1.34. The summed E-state index contributed by atoms with van der Waals surface area (Å²) >= 11 is 3.30. The summed E-state index contributed by atoms with van der Waals surface area (Å²) in [6.07, 6.45) is 0.744. The van der Waals surface area contributed by atoms with Crippen LogP contribution in [0.4, 0.5) is 0 Å². The van der Waals surface area contributed by atoms with Crippen molar-refractivity contribution in [3.05, 3.63) is 28.2 Å². The molecule has 0 aliphatic carbocycles. The van der Waals surface area contributed by atoms with Crippen LogP contribution in [0.25, 0.3) is 0 Å². The van der Waals surface area contributed by atoms with Gasteiger partial charge in [-0.1, -0.05) is 29.8 Å². The monoisotopic (exact) mass is 271 g/mol. The van der Waals surface area contributed by atoms with Crippen molar-refractivity contribution >= 4 is 22.1 Å². The second-order valence-corrected chi connectivity index (χ2v) is 4.55. The second kappa shape index (κ2) is 5.28. The molecular weight excluding hydrogens is 258 g/mol. The normalized spacial score (nSPS) is 13.7. The first-order valence-electron chi connectivity index (χ1n) is 4.70. The fourth-order valence-electron chi connectivity index (χ4n) is 0.958. The Morgan fingerprint density at radius 2 is 2.07 bits per heavy atom. The number of nitrogens with zero attached hydrogens (tertiary/aromatic N) is 1.